The lowest BCUT2D eigenvalue weighted by Crippen LogP contribution is -2.51. The van der Waals surface area contributed by atoms with E-state index < -0.39 is 0 Å². The van der Waals surface area contributed by atoms with Gasteiger partial charge in [-0.05, 0) is 97.2 Å². The lowest BCUT2D eigenvalue weighted by atomic mass is 9.48. The fraction of sp³-hybridized carbons (Fsp3) is 0.957. The first-order chi connectivity index (χ1) is 12.0. The van der Waals surface area contributed by atoms with Gasteiger partial charge in [-0.15, -0.1) is 0 Å². The summed E-state index contributed by atoms with van der Waals surface area (Å²) < 4.78 is 0. The first-order valence-corrected chi connectivity index (χ1v) is 12.2. The molecule has 5 fully saturated rings. The maximum absolute atomic E-state index is 12.8. The van der Waals surface area contributed by atoms with E-state index in [1.807, 2.05) is 0 Å². The Labute approximate surface area is 162 Å². The summed E-state index contributed by atoms with van der Waals surface area (Å²) >= 11 is 3.50. The van der Waals surface area contributed by atoms with Gasteiger partial charge in [0.1, 0.15) is 5.78 Å². The van der Waals surface area contributed by atoms with E-state index in [0.717, 1.165) is 53.3 Å². The predicted octanol–water partition coefficient (Wildman–Crippen LogP) is 5.96. The molecule has 2 heteroatoms. The molecule has 2 unspecified atom stereocenters. The summed E-state index contributed by atoms with van der Waals surface area (Å²) in [5.74, 6) is 9.12. The zero-order valence-corrected chi connectivity index (χ0v) is 17.8. The van der Waals surface area contributed by atoms with Gasteiger partial charge in [0.2, 0.25) is 0 Å². The van der Waals surface area contributed by atoms with Crippen molar-refractivity contribution in [2.75, 3.05) is 5.33 Å². The van der Waals surface area contributed by atoms with Crippen LogP contribution in [0.1, 0.15) is 65.7 Å². The van der Waals surface area contributed by atoms with Crippen molar-refractivity contribution in [2.24, 2.45) is 64.6 Å². The lowest BCUT2D eigenvalue weighted by Gasteiger charge is -2.57. The molecule has 5 saturated carbocycles. The topological polar surface area (TPSA) is 17.1 Å². The monoisotopic (exact) mass is 406 g/mol. The molecule has 0 amide bonds. The molecule has 5 aliphatic carbocycles. The quantitative estimate of drug-likeness (QED) is 0.517. The fourth-order valence-electron chi connectivity index (χ4n) is 9.17. The second-order valence-electron chi connectivity index (χ2n) is 10.9. The van der Waals surface area contributed by atoms with Crippen LogP contribution in [0.3, 0.4) is 0 Å². The molecule has 1 nitrogen and oxygen atoms in total. The van der Waals surface area contributed by atoms with Gasteiger partial charge in [-0.25, -0.2) is 0 Å². The molecule has 0 aliphatic heterocycles. The van der Waals surface area contributed by atoms with E-state index in [4.69, 9.17) is 0 Å². The largest absolute Gasteiger partial charge is 0.298 e. The standard InChI is InChI=1S/C23H35BrO/c1-12-4-6-15-14(10-12)5-7-17-16(15)8-9-23(3)21(17)19-13(2)20(19)22(23)18(25)11-24/h12-17,19-22H,4-11H2,1-3H3/t12-,13-,14+,15-,16?,17+,19+,20-,21?,22-,23-/m0/s1. The van der Waals surface area contributed by atoms with Crippen LogP contribution < -0.4 is 0 Å². The van der Waals surface area contributed by atoms with Crippen LogP contribution in [0.25, 0.3) is 0 Å². The average Bonchev–Trinajstić information content (AvgIpc) is 3.12. The molecule has 5 aliphatic rings. The lowest BCUT2D eigenvalue weighted by molar-refractivity contribution is -0.131. The van der Waals surface area contributed by atoms with E-state index >= 15 is 0 Å². The number of carbonyl (C=O) groups is 1. The Morgan fingerprint density at radius 3 is 2.52 bits per heavy atom. The van der Waals surface area contributed by atoms with Crippen LogP contribution in [0.2, 0.25) is 0 Å². The van der Waals surface area contributed by atoms with Crippen LogP contribution in [-0.2, 0) is 4.79 Å². The van der Waals surface area contributed by atoms with Crippen LogP contribution in [0.15, 0.2) is 0 Å². The number of halogens is 1. The molecule has 5 rings (SSSR count). The third-order valence-electron chi connectivity index (χ3n) is 10.0. The molecule has 0 heterocycles. The summed E-state index contributed by atoms with van der Waals surface area (Å²) in [6.07, 6.45) is 10.2. The van der Waals surface area contributed by atoms with Crippen LogP contribution in [0.5, 0.6) is 0 Å². The fourth-order valence-corrected chi connectivity index (χ4v) is 9.52. The second-order valence-corrected chi connectivity index (χ2v) is 11.5. The highest BCUT2D eigenvalue weighted by Gasteiger charge is 2.73. The minimum absolute atomic E-state index is 0.322. The Morgan fingerprint density at radius 1 is 1.00 bits per heavy atom. The van der Waals surface area contributed by atoms with E-state index in [1.54, 1.807) is 0 Å². The predicted molar refractivity (Wildman–Crippen MR) is 105 cm³/mol. The van der Waals surface area contributed by atoms with Gasteiger partial charge >= 0.3 is 0 Å². The van der Waals surface area contributed by atoms with Crippen LogP contribution in [0.4, 0.5) is 0 Å². The Morgan fingerprint density at radius 2 is 1.76 bits per heavy atom. The summed E-state index contributed by atoms with van der Waals surface area (Å²) in [7, 11) is 0. The zero-order chi connectivity index (χ0) is 17.5. The number of fused-ring (bicyclic) bond motifs is 7. The molecule has 0 aromatic heterocycles. The van der Waals surface area contributed by atoms with Gasteiger partial charge in [-0.2, -0.15) is 0 Å². The first kappa shape index (κ1) is 17.3. The van der Waals surface area contributed by atoms with Crippen LogP contribution in [-0.4, -0.2) is 11.1 Å². The van der Waals surface area contributed by atoms with Crippen molar-refractivity contribution in [3.8, 4) is 0 Å². The first-order valence-electron chi connectivity index (χ1n) is 11.1. The number of hydrogen-bond donors (Lipinski definition) is 0. The smallest absolute Gasteiger partial charge is 0.147 e. The van der Waals surface area contributed by atoms with Crippen molar-refractivity contribution in [3.05, 3.63) is 0 Å². The van der Waals surface area contributed by atoms with Crippen LogP contribution in [0, 0.1) is 64.6 Å². The normalized spacial score (nSPS) is 59.4. The minimum atomic E-state index is 0.322. The minimum Gasteiger partial charge on any atom is -0.298 e. The summed E-state index contributed by atoms with van der Waals surface area (Å²) in [5.41, 5.74) is 0.322. The van der Waals surface area contributed by atoms with Crippen molar-refractivity contribution in [1.82, 2.24) is 0 Å². The zero-order valence-electron chi connectivity index (χ0n) is 16.2. The summed E-state index contributed by atoms with van der Waals surface area (Å²) in [5, 5.41) is 0.576. The summed E-state index contributed by atoms with van der Waals surface area (Å²) in [4.78, 5) is 12.8. The summed E-state index contributed by atoms with van der Waals surface area (Å²) in [6, 6.07) is 0. The van der Waals surface area contributed by atoms with Crippen molar-refractivity contribution in [1.29, 1.82) is 0 Å². The van der Waals surface area contributed by atoms with E-state index in [9.17, 15) is 4.79 Å². The molecule has 25 heavy (non-hydrogen) atoms. The highest BCUT2D eigenvalue weighted by atomic mass is 79.9. The highest BCUT2D eigenvalue weighted by Crippen LogP contribution is 2.76. The Hall–Kier alpha value is 0.150. The number of hydrogen-bond acceptors (Lipinski definition) is 1. The van der Waals surface area contributed by atoms with Crippen molar-refractivity contribution in [2.45, 2.75) is 65.7 Å². The summed E-state index contributed by atoms with van der Waals surface area (Å²) in [6.45, 7) is 7.44. The Balaban J connectivity index is 1.45. The SMILES string of the molecule is C[C@H]1CC[C@@H]2C3CC[C@@]4(C)C([C@@H]3CC[C@@H]2C1)[C@@H]1[C@H](C)[C@@H]1[C@@H]4C(=O)CBr. The highest BCUT2D eigenvalue weighted by molar-refractivity contribution is 9.09. The third kappa shape index (κ3) is 2.28. The maximum Gasteiger partial charge on any atom is 0.147 e. The van der Waals surface area contributed by atoms with E-state index in [2.05, 4.69) is 36.7 Å². The molecule has 140 valence electrons. The number of carbonyl (C=O) groups excluding carboxylic acids is 1. The van der Waals surface area contributed by atoms with E-state index in [-0.39, 0.29) is 0 Å². The number of ketones is 1. The van der Waals surface area contributed by atoms with Gasteiger partial charge in [0, 0.05) is 5.92 Å². The van der Waals surface area contributed by atoms with Gasteiger partial charge in [-0.3, -0.25) is 4.79 Å². The van der Waals surface area contributed by atoms with Gasteiger partial charge in [-0.1, -0.05) is 43.1 Å². The van der Waals surface area contributed by atoms with Gasteiger partial charge in [0.05, 0.1) is 5.33 Å². The molecule has 0 aromatic carbocycles. The van der Waals surface area contributed by atoms with E-state index in [0.29, 0.717) is 22.4 Å². The molecule has 0 saturated heterocycles. The van der Waals surface area contributed by atoms with E-state index in [1.165, 1.54) is 44.9 Å². The molecular formula is C23H35BrO. The maximum atomic E-state index is 12.8. The van der Waals surface area contributed by atoms with Gasteiger partial charge in [0.15, 0.2) is 0 Å². The number of Topliss-reactive ketones (excluding diaryl/α,β-unsaturated/α-hetero) is 1. The molecule has 0 aromatic rings. The average molecular weight is 407 g/mol. The molecule has 0 bridgehead atoms. The van der Waals surface area contributed by atoms with Crippen molar-refractivity contribution in [3.63, 3.8) is 0 Å². The van der Waals surface area contributed by atoms with Crippen molar-refractivity contribution < 1.29 is 4.79 Å². The third-order valence-corrected chi connectivity index (χ3v) is 10.6. The second kappa shape index (κ2) is 5.82. The Bertz CT molecular complexity index is 572. The number of rotatable bonds is 2. The van der Waals surface area contributed by atoms with Gasteiger partial charge in [0.25, 0.3) is 0 Å². The Kier molecular flexibility index (Phi) is 4.02. The molecule has 0 radical (unpaired) electrons. The molecule has 0 N–H and O–H groups in total. The van der Waals surface area contributed by atoms with Gasteiger partial charge < -0.3 is 0 Å². The molecule has 11 atom stereocenters. The molecule has 0 spiro atoms. The number of alkyl halides is 1. The van der Waals surface area contributed by atoms with Crippen LogP contribution >= 0.6 is 15.9 Å². The molecular weight excluding hydrogens is 372 g/mol. The van der Waals surface area contributed by atoms with Crippen molar-refractivity contribution >= 4 is 21.7 Å².